The summed E-state index contributed by atoms with van der Waals surface area (Å²) >= 11 is 0. The Morgan fingerprint density at radius 2 is 1.88 bits per heavy atom. The second kappa shape index (κ2) is 10.9. The molecule has 1 rings (SSSR count). The largest absolute Gasteiger partial charge is 0.478 e. The summed E-state index contributed by atoms with van der Waals surface area (Å²) in [6, 6.07) is 6.29. The van der Waals surface area contributed by atoms with E-state index in [1.54, 1.807) is 43.0 Å². The Labute approximate surface area is 153 Å². The van der Waals surface area contributed by atoms with Crippen LogP contribution in [-0.4, -0.2) is 47.5 Å². The zero-order valence-corrected chi connectivity index (χ0v) is 15.2. The lowest BCUT2D eigenvalue weighted by molar-refractivity contribution is -0.143. The van der Waals surface area contributed by atoms with E-state index in [9.17, 15) is 14.4 Å². The fourth-order valence-electron chi connectivity index (χ4n) is 2.36. The fourth-order valence-corrected chi connectivity index (χ4v) is 2.36. The summed E-state index contributed by atoms with van der Waals surface area (Å²) < 4.78 is 4.88. The van der Waals surface area contributed by atoms with Crippen LogP contribution >= 0.6 is 0 Å². The third-order valence-electron chi connectivity index (χ3n) is 3.63. The monoisotopic (exact) mass is 359 g/mol. The zero-order chi connectivity index (χ0) is 19.5. The number of carbonyl (C=O) groups excluding carboxylic acids is 2. The molecule has 0 aliphatic rings. The van der Waals surface area contributed by atoms with E-state index >= 15 is 0 Å². The van der Waals surface area contributed by atoms with Gasteiger partial charge in [0.25, 0.3) is 0 Å². The number of rotatable bonds is 10. The first-order valence-corrected chi connectivity index (χ1v) is 8.46. The summed E-state index contributed by atoms with van der Waals surface area (Å²) in [5.41, 5.74) is 1.45. The number of nitrogens with zero attached hydrogens (tertiary/aromatic N) is 1. The Morgan fingerprint density at radius 3 is 2.42 bits per heavy atom. The second-order valence-electron chi connectivity index (χ2n) is 5.70. The van der Waals surface area contributed by atoms with Crippen LogP contribution in [0.1, 0.15) is 42.6 Å². The van der Waals surface area contributed by atoms with Crippen LogP contribution in [0, 0.1) is 0 Å². The van der Waals surface area contributed by atoms with Crippen molar-refractivity contribution >= 4 is 23.9 Å². The van der Waals surface area contributed by atoms with Crippen molar-refractivity contribution in [2.75, 3.05) is 19.7 Å². The smallest absolute Gasteiger partial charge is 0.335 e. The SMILES string of the molecule is C=CCN(CCCC(=O)OCC)C(=O)/C(C)=C/c1ccc(C(=O)O)cc1. The highest BCUT2D eigenvalue weighted by molar-refractivity contribution is 5.97. The molecule has 26 heavy (non-hydrogen) atoms. The van der Waals surface area contributed by atoms with Crippen LogP contribution in [0.3, 0.4) is 0 Å². The second-order valence-corrected chi connectivity index (χ2v) is 5.70. The molecule has 0 aliphatic carbocycles. The van der Waals surface area contributed by atoms with Crippen LogP contribution < -0.4 is 0 Å². The van der Waals surface area contributed by atoms with Gasteiger partial charge in [0.1, 0.15) is 0 Å². The number of carboxylic acids is 1. The molecule has 0 aliphatic heterocycles. The van der Waals surface area contributed by atoms with E-state index in [-0.39, 0.29) is 23.9 Å². The van der Waals surface area contributed by atoms with Gasteiger partial charge in [-0.1, -0.05) is 18.2 Å². The predicted octanol–water partition coefficient (Wildman–Crippen LogP) is 3.15. The molecule has 0 fully saturated rings. The van der Waals surface area contributed by atoms with E-state index in [1.807, 2.05) is 0 Å². The molecule has 0 saturated heterocycles. The van der Waals surface area contributed by atoms with E-state index in [1.165, 1.54) is 12.1 Å². The Balaban J connectivity index is 2.74. The van der Waals surface area contributed by atoms with Crippen molar-refractivity contribution in [3.05, 3.63) is 53.6 Å². The number of carbonyl (C=O) groups is 3. The Bertz CT molecular complexity index is 676. The number of carboxylic acid groups (broad SMARTS) is 1. The highest BCUT2D eigenvalue weighted by Crippen LogP contribution is 2.12. The summed E-state index contributed by atoms with van der Waals surface area (Å²) in [7, 11) is 0. The maximum absolute atomic E-state index is 12.6. The van der Waals surface area contributed by atoms with E-state index in [4.69, 9.17) is 9.84 Å². The number of ether oxygens (including phenoxy) is 1. The molecule has 6 nitrogen and oxygen atoms in total. The Morgan fingerprint density at radius 1 is 1.23 bits per heavy atom. The number of benzene rings is 1. The van der Waals surface area contributed by atoms with E-state index < -0.39 is 5.97 Å². The summed E-state index contributed by atoms with van der Waals surface area (Å²) in [6.45, 7) is 8.27. The average Bonchev–Trinajstić information content (AvgIpc) is 2.61. The summed E-state index contributed by atoms with van der Waals surface area (Å²) in [5, 5.41) is 8.91. The van der Waals surface area contributed by atoms with Gasteiger partial charge in [0.05, 0.1) is 12.2 Å². The van der Waals surface area contributed by atoms with Gasteiger partial charge < -0.3 is 14.7 Å². The minimum atomic E-state index is -0.993. The third-order valence-corrected chi connectivity index (χ3v) is 3.63. The molecule has 0 heterocycles. The number of amides is 1. The molecule has 0 unspecified atom stereocenters. The molecule has 6 heteroatoms. The molecule has 1 aromatic rings. The summed E-state index contributed by atoms with van der Waals surface area (Å²) in [5.74, 6) is -1.42. The van der Waals surface area contributed by atoms with Gasteiger partial charge >= 0.3 is 11.9 Å². The quantitative estimate of drug-likeness (QED) is 0.394. The first kappa shape index (κ1) is 21.2. The van der Waals surface area contributed by atoms with E-state index in [0.29, 0.717) is 31.7 Å². The van der Waals surface area contributed by atoms with Crippen molar-refractivity contribution in [3.63, 3.8) is 0 Å². The first-order valence-electron chi connectivity index (χ1n) is 8.46. The first-order chi connectivity index (χ1) is 12.4. The topological polar surface area (TPSA) is 83.9 Å². The zero-order valence-electron chi connectivity index (χ0n) is 15.2. The highest BCUT2D eigenvalue weighted by Gasteiger charge is 2.15. The van der Waals surface area contributed by atoms with Gasteiger partial charge in [0.15, 0.2) is 0 Å². The van der Waals surface area contributed by atoms with Crippen LogP contribution in [0.5, 0.6) is 0 Å². The van der Waals surface area contributed by atoms with E-state index in [2.05, 4.69) is 6.58 Å². The molecule has 1 amide bonds. The molecule has 140 valence electrons. The van der Waals surface area contributed by atoms with Gasteiger partial charge in [-0.3, -0.25) is 9.59 Å². The maximum Gasteiger partial charge on any atom is 0.335 e. The molecule has 0 bridgehead atoms. The number of esters is 1. The fraction of sp³-hybridized carbons (Fsp3) is 0.350. The maximum atomic E-state index is 12.6. The lowest BCUT2D eigenvalue weighted by Crippen LogP contribution is -2.33. The van der Waals surface area contributed by atoms with Gasteiger partial charge in [-0.15, -0.1) is 6.58 Å². The number of hydrogen-bond acceptors (Lipinski definition) is 4. The molecule has 0 radical (unpaired) electrons. The minimum Gasteiger partial charge on any atom is -0.478 e. The van der Waals surface area contributed by atoms with Crippen molar-refractivity contribution in [1.82, 2.24) is 4.90 Å². The van der Waals surface area contributed by atoms with Crippen LogP contribution in [0.2, 0.25) is 0 Å². The van der Waals surface area contributed by atoms with Gasteiger partial charge in [0.2, 0.25) is 5.91 Å². The van der Waals surface area contributed by atoms with Crippen molar-refractivity contribution in [2.45, 2.75) is 26.7 Å². The summed E-state index contributed by atoms with van der Waals surface area (Å²) in [4.78, 5) is 36.5. The average molecular weight is 359 g/mol. The Hall–Kier alpha value is -2.89. The van der Waals surface area contributed by atoms with Gasteiger partial charge in [-0.05, 0) is 44.0 Å². The summed E-state index contributed by atoms with van der Waals surface area (Å²) in [6.07, 6.45) is 4.11. The normalized spacial score (nSPS) is 10.9. The van der Waals surface area contributed by atoms with E-state index in [0.717, 1.165) is 5.56 Å². The van der Waals surface area contributed by atoms with Crippen LogP contribution in [-0.2, 0) is 14.3 Å². The van der Waals surface area contributed by atoms with Crippen molar-refractivity contribution < 1.29 is 24.2 Å². The molecular weight excluding hydrogens is 334 g/mol. The molecular formula is C20H25NO5. The van der Waals surface area contributed by atoms with Crippen LogP contribution in [0.25, 0.3) is 6.08 Å². The minimum absolute atomic E-state index is 0.156. The van der Waals surface area contributed by atoms with Crippen molar-refractivity contribution in [2.24, 2.45) is 0 Å². The van der Waals surface area contributed by atoms with Crippen LogP contribution in [0.15, 0.2) is 42.5 Å². The van der Waals surface area contributed by atoms with Crippen molar-refractivity contribution in [1.29, 1.82) is 0 Å². The third kappa shape index (κ3) is 6.93. The van der Waals surface area contributed by atoms with Gasteiger partial charge in [0, 0.05) is 25.1 Å². The molecule has 0 aromatic heterocycles. The lowest BCUT2D eigenvalue weighted by atomic mass is 10.1. The lowest BCUT2D eigenvalue weighted by Gasteiger charge is -2.21. The standard InChI is InChI=1S/C20H25NO5/c1-4-12-21(13-6-7-18(22)26-5-2)19(23)15(3)14-16-8-10-17(11-9-16)20(24)25/h4,8-11,14H,1,5-7,12-13H2,2-3H3,(H,24,25)/b15-14+. The molecule has 0 spiro atoms. The number of hydrogen-bond donors (Lipinski definition) is 1. The highest BCUT2D eigenvalue weighted by atomic mass is 16.5. The Kier molecular flexibility index (Phi) is 8.84. The molecule has 1 aromatic carbocycles. The number of aromatic carboxylic acids is 1. The van der Waals surface area contributed by atoms with Crippen molar-refractivity contribution in [3.8, 4) is 0 Å². The predicted molar refractivity (Wildman–Crippen MR) is 99.7 cm³/mol. The van der Waals surface area contributed by atoms with Gasteiger partial charge in [-0.2, -0.15) is 0 Å². The molecule has 0 atom stereocenters. The molecule has 0 saturated carbocycles. The van der Waals surface area contributed by atoms with Crippen LogP contribution in [0.4, 0.5) is 0 Å². The van der Waals surface area contributed by atoms with Gasteiger partial charge in [-0.25, -0.2) is 4.79 Å². The molecule has 1 N–H and O–H groups in total.